The molecule has 4 aromatic rings. The highest BCUT2D eigenvalue weighted by Gasteiger charge is 2.14. The molecule has 172 valence electrons. The van der Waals surface area contributed by atoms with Gasteiger partial charge in [0.25, 0.3) is 5.88 Å². The molecule has 0 spiro atoms. The van der Waals surface area contributed by atoms with E-state index < -0.39 is 11.4 Å². The van der Waals surface area contributed by atoms with E-state index in [1.165, 1.54) is 10.8 Å². The van der Waals surface area contributed by atoms with Crippen molar-refractivity contribution < 1.29 is 9.26 Å². The normalized spacial score (nSPS) is 10.5. The Morgan fingerprint density at radius 3 is 2.39 bits per heavy atom. The molecule has 0 unspecified atom stereocenters. The van der Waals surface area contributed by atoms with Crippen LogP contribution >= 0.6 is 24.0 Å². The van der Waals surface area contributed by atoms with E-state index in [4.69, 9.17) is 26.6 Å². The Kier molecular flexibility index (Phi) is 7.88. The van der Waals surface area contributed by atoms with Gasteiger partial charge in [-0.3, -0.25) is 4.57 Å². The zero-order valence-electron chi connectivity index (χ0n) is 17.2. The molecule has 0 saturated heterocycles. The van der Waals surface area contributed by atoms with Crippen molar-refractivity contribution in [3.05, 3.63) is 92.4 Å². The van der Waals surface area contributed by atoms with Crippen molar-refractivity contribution in [3.8, 4) is 11.6 Å². The van der Waals surface area contributed by atoms with Gasteiger partial charge >= 0.3 is 11.4 Å². The number of nitrogens with two attached hydrogens (primary N) is 1. The lowest BCUT2D eigenvalue weighted by atomic mass is 10.2. The van der Waals surface area contributed by atoms with Gasteiger partial charge in [0.15, 0.2) is 0 Å². The maximum absolute atomic E-state index is 13.0. The number of hydrogen-bond acceptors (Lipinski definition) is 8. The number of nitrogens with zero attached hydrogens (tertiary/aromatic N) is 4. The zero-order valence-corrected chi connectivity index (χ0v) is 18.8. The molecule has 0 bridgehead atoms. The molecule has 2 aromatic heterocycles. The first-order valence-electron chi connectivity index (χ1n) is 9.65. The van der Waals surface area contributed by atoms with Crippen LogP contribution in [0.5, 0.6) is 11.6 Å². The molecule has 0 amide bonds. The second-order valence-electron chi connectivity index (χ2n) is 6.74. The quantitative estimate of drug-likeness (QED) is 0.385. The largest absolute Gasteiger partial charge is 0.436 e. The highest BCUT2D eigenvalue weighted by atomic mass is 35.5. The second-order valence-corrected chi connectivity index (χ2v) is 7.18. The molecule has 10 nitrogen and oxygen atoms in total. The molecule has 3 N–H and O–H groups in total. The monoisotopic (exact) mass is 490 g/mol. The van der Waals surface area contributed by atoms with Crippen LogP contribution in [0.2, 0.25) is 5.02 Å². The van der Waals surface area contributed by atoms with Gasteiger partial charge in [0.1, 0.15) is 12.0 Å². The highest BCUT2D eigenvalue weighted by molar-refractivity contribution is 6.30. The maximum atomic E-state index is 13.0. The van der Waals surface area contributed by atoms with Crippen LogP contribution in [0.1, 0.15) is 5.56 Å². The van der Waals surface area contributed by atoms with Crippen LogP contribution in [0.15, 0.2) is 75.0 Å². The van der Waals surface area contributed by atoms with Gasteiger partial charge in [0.2, 0.25) is 5.95 Å². The highest BCUT2D eigenvalue weighted by Crippen LogP contribution is 2.23. The van der Waals surface area contributed by atoms with Crippen LogP contribution in [-0.2, 0) is 13.1 Å². The summed E-state index contributed by atoms with van der Waals surface area (Å²) in [4.78, 5) is 29.5. The van der Waals surface area contributed by atoms with Crippen LogP contribution < -0.4 is 27.2 Å². The van der Waals surface area contributed by atoms with E-state index in [1.54, 1.807) is 54.6 Å². The lowest BCUT2D eigenvalue weighted by Crippen LogP contribution is -2.43. The Morgan fingerprint density at radius 2 is 1.76 bits per heavy atom. The van der Waals surface area contributed by atoms with Crippen LogP contribution in [0.4, 0.5) is 11.6 Å². The molecule has 0 aliphatic rings. The number of nitrogens with one attached hydrogen (secondary N) is 1. The van der Waals surface area contributed by atoms with E-state index in [0.717, 1.165) is 10.1 Å². The molecule has 12 heteroatoms. The molecule has 0 aliphatic carbocycles. The van der Waals surface area contributed by atoms with Crippen molar-refractivity contribution >= 4 is 35.6 Å². The summed E-state index contributed by atoms with van der Waals surface area (Å²) in [6.45, 7) is 0.390. The first-order chi connectivity index (χ1) is 15.5. The Morgan fingerprint density at radius 1 is 1.03 bits per heavy atom. The number of anilines is 2. The van der Waals surface area contributed by atoms with Gasteiger partial charge in [-0.2, -0.15) is 4.98 Å². The fourth-order valence-electron chi connectivity index (χ4n) is 2.97. The first-order valence-corrected chi connectivity index (χ1v) is 10.0. The summed E-state index contributed by atoms with van der Waals surface area (Å²) in [5.74, 6) is 0.968. The minimum absolute atomic E-state index is 0. The molecule has 0 aliphatic heterocycles. The van der Waals surface area contributed by atoms with E-state index in [0.29, 0.717) is 22.3 Å². The van der Waals surface area contributed by atoms with Crippen molar-refractivity contribution in [2.24, 2.45) is 5.73 Å². The Balaban J connectivity index is 0.00000306. The Labute approximate surface area is 199 Å². The molecule has 2 heterocycles. The van der Waals surface area contributed by atoms with Gasteiger partial charge in [-0.05, 0) is 47.1 Å². The van der Waals surface area contributed by atoms with Gasteiger partial charge in [-0.1, -0.05) is 23.7 Å². The lowest BCUT2D eigenvalue weighted by molar-refractivity contribution is 0.367. The van der Waals surface area contributed by atoms with E-state index in [9.17, 15) is 9.59 Å². The molecular weight excluding hydrogens is 471 g/mol. The van der Waals surface area contributed by atoms with Crippen molar-refractivity contribution in [1.29, 1.82) is 0 Å². The summed E-state index contributed by atoms with van der Waals surface area (Å²) in [5.41, 5.74) is 5.78. The summed E-state index contributed by atoms with van der Waals surface area (Å²) in [6.07, 6.45) is 1.41. The van der Waals surface area contributed by atoms with E-state index >= 15 is 0 Å². The molecule has 2 aromatic carbocycles. The lowest BCUT2D eigenvalue weighted by Gasteiger charge is -2.15. The van der Waals surface area contributed by atoms with Crippen molar-refractivity contribution in [1.82, 2.24) is 19.3 Å². The molecule has 0 radical (unpaired) electrons. The first kappa shape index (κ1) is 24.1. The zero-order chi connectivity index (χ0) is 22.5. The van der Waals surface area contributed by atoms with Crippen LogP contribution in [0.25, 0.3) is 0 Å². The summed E-state index contributed by atoms with van der Waals surface area (Å²) in [5, 5.41) is 7.30. The van der Waals surface area contributed by atoms with Gasteiger partial charge in [-0.15, -0.1) is 12.4 Å². The predicted octanol–water partition coefficient (Wildman–Crippen LogP) is 3.01. The molecule has 4 rings (SSSR count). The van der Waals surface area contributed by atoms with Gasteiger partial charge in [-0.25, -0.2) is 14.2 Å². The third-order valence-electron chi connectivity index (χ3n) is 4.50. The van der Waals surface area contributed by atoms with Crippen LogP contribution in [0, 0.1) is 0 Å². The van der Waals surface area contributed by atoms with E-state index in [2.05, 4.69) is 15.5 Å². The third-order valence-corrected chi connectivity index (χ3v) is 4.76. The maximum Gasteiger partial charge on any atom is 0.354 e. The Hall–Kier alpha value is -3.60. The number of aromatic nitrogens is 4. The minimum Gasteiger partial charge on any atom is -0.436 e. The summed E-state index contributed by atoms with van der Waals surface area (Å²) >= 11 is 5.96. The van der Waals surface area contributed by atoms with E-state index in [-0.39, 0.29) is 38.0 Å². The molecule has 0 saturated carbocycles. The number of ether oxygens (including phenoxy) is 1. The molecular formula is C21H20Cl2N6O4. The van der Waals surface area contributed by atoms with Gasteiger partial charge < -0.3 is 20.3 Å². The van der Waals surface area contributed by atoms with Crippen LogP contribution in [-0.4, -0.2) is 25.8 Å². The summed E-state index contributed by atoms with van der Waals surface area (Å²) < 4.78 is 12.7. The number of hydrogen-bond donors (Lipinski definition) is 2. The smallest absolute Gasteiger partial charge is 0.354 e. The second kappa shape index (κ2) is 10.8. The van der Waals surface area contributed by atoms with Crippen molar-refractivity contribution in [3.63, 3.8) is 0 Å². The average molecular weight is 491 g/mol. The number of rotatable bonds is 8. The SMILES string of the molecule is Cl.NCCn1c(=O)nc(Nc2ccc(Oc3ccon3)cc2)n(Cc2ccc(Cl)cc2)c1=O. The minimum atomic E-state index is -0.679. The Bertz CT molecular complexity index is 1300. The predicted molar refractivity (Wildman–Crippen MR) is 126 cm³/mol. The molecule has 33 heavy (non-hydrogen) atoms. The van der Waals surface area contributed by atoms with Gasteiger partial charge in [0.05, 0.1) is 6.54 Å². The molecule has 0 atom stereocenters. The number of halogens is 2. The topological polar surface area (TPSA) is 130 Å². The standard InChI is InChI=1S/C21H19ClN6O4.ClH/c22-15-3-1-14(2-4-15)13-28-19(25-20(29)27(11-10-23)21(28)30)24-16-5-7-17(8-6-16)32-18-9-12-31-26-18;/h1-9,12H,10-11,13,23H2,(H,24,25,29);1H. The van der Waals surface area contributed by atoms with Crippen LogP contribution in [0.3, 0.4) is 0 Å². The summed E-state index contributed by atoms with van der Waals surface area (Å²) in [6, 6.07) is 15.5. The fourth-order valence-corrected chi connectivity index (χ4v) is 3.10. The third kappa shape index (κ3) is 5.80. The van der Waals surface area contributed by atoms with Gasteiger partial charge in [0, 0.05) is 29.9 Å². The van der Waals surface area contributed by atoms with Crippen molar-refractivity contribution in [2.45, 2.75) is 13.1 Å². The molecule has 0 fully saturated rings. The average Bonchev–Trinajstić information content (AvgIpc) is 3.30. The van der Waals surface area contributed by atoms with Crippen molar-refractivity contribution in [2.75, 3.05) is 11.9 Å². The van der Waals surface area contributed by atoms with E-state index in [1.807, 2.05) is 0 Å². The number of benzene rings is 2. The summed E-state index contributed by atoms with van der Waals surface area (Å²) in [7, 11) is 0. The fraction of sp³-hybridized carbons (Fsp3) is 0.143.